The predicted octanol–water partition coefficient (Wildman–Crippen LogP) is 2.83. The number of aryl methyl sites for hydroxylation is 2. The summed E-state index contributed by atoms with van der Waals surface area (Å²) in [4.78, 5) is 14.1. The van der Waals surface area contributed by atoms with Crippen LogP contribution in [0, 0.1) is 19.8 Å². The van der Waals surface area contributed by atoms with E-state index in [2.05, 4.69) is 47.6 Å². The van der Waals surface area contributed by atoms with Crippen molar-refractivity contribution in [3.05, 3.63) is 34.9 Å². The van der Waals surface area contributed by atoms with Gasteiger partial charge in [-0.2, -0.15) is 0 Å². The summed E-state index contributed by atoms with van der Waals surface area (Å²) in [6.45, 7) is 12.2. The lowest BCUT2D eigenvalue weighted by molar-refractivity contribution is 0.236. The highest BCUT2D eigenvalue weighted by Crippen LogP contribution is 2.19. The fourth-order valence-electron chi connectivity index (χ4n) is 2.93. The zero-order valence-electron chi connectivity index (χ0n) is 14.3. The van der Waals surface area contributed by atoms with Gasteiger partial charge >= 0.3 is 6.03 Å². The maximum Gasteiger partial charge on any atom is 0.314 e. The molecule has 4 heteroatoms. The van der Waals surface area contributed by atoms with E-state index in [1.807, 2.05) is 13.8 Å². The summed E-state index contributed by atoms with van der Waals surface area (Å²) in [7, 11) is 0. The van der Waals surface area contributed by atoms with Gasteiger partial charge in [0.1, 0.15) is 0 Å². The topological polar surface area (TPSA) is 44.4 Å². The molecule has 1 unspecified atom stereocenters. The first-order valence-electron chi connectivity index (χ1n) is 8.27. The van der Waals surface area contributed by atoms with Crippen molar-refractivity contribution in [1.82, 2.24) is 15.5 Å². The number of hydrogen-bond donors (Lipinski definition) is 2. The van der Waals surface area contributed by atoms with Gasteiger partial charge in [-0.25, -0.2) is 4.79 Å². The minimum Gasteiger partial charge on any atom is -0.338 e. The maximum absolute atomic E-state index is 11.6. The summed E-state index contributed by atoms with van der Waals surface area (Å²) >= 11 is 0. The third kappa shape index (κ3) is 5.02. The van der Waals surface area contributed by atoms with Crippen LogP contribution in [-0.2, 0) is 6.54 Å². The van der Waals surface area contributed by atoms with Gasteiger partial charge < -0.3 is 10.6 Å². The highest BCUT2D eigenvalue weighted by atomic mass is 16.2. The van der Waals surface area contributed by atoms with Crippen molar-refractivity contribution in [1.29, 1.82) is 0 Å². The summed E-state index contributed by atoms with van der Waals surface area (Å²) in [5.41, 5.74) is 4.10. The van der Waals surface area contributed by atoms with Crippen LogP contribution in [0.25, 0.3) is 0 Å². The normalized spacial score (nSPS) is 18.7. The number of carbonyl (C=O) groups excluding carboxylic acids is 1. The average Bonchev–Trinajstić information content (AvgIpc) is 2.88. The van der Waals surface area contributed by atoms with E-state index >= 15 is 0 Å². The number of rotatable bonds is 5. The molecule has 1 saturated heterocycles. The molecular formula is C18H29N3O. The molecular weight excluding hydrogens is 274 g/mol. The molecule has 2 amide bonds. The van der Waals surface area contributed by atoms with Crippen LogP contribution in [0.5, 0.6) is 0 Å². The standard InChI is InChI=1S/C18H29N3O/c1-13(2)20-18(22)19-10-17-7-8-21(12-17)11-16-6-5-14(3)15(4)9-16/h5-6,9,13,17H,7-8,10-12H2,1-4H3,(H2,19,20,22). The van der Waals surface area contributed by atoms with E-state index in [0.29, 0.717) is 5.92 Å². The van der Waals surface area contributed by atoms with Gasteiger partial charge in [-0.1, -0.05) is 18.2 Å². The van der Waals surface area contributed by atoms with E-state index in [9.17, 15) is 4.79 Å². The van der Waals surface area contributed by atoms with Crippen molar-refractivity contribution in [3.63, 3.8) is 0 Å². The molecule has 0 radical (unpaired) electrons. The SMILES string of the molecule is Cc1ccc(CN2CCC(CNC(=O)NC(C)C)C2)cc1C. The summed E-state index contributed by atoms with van der Waals surface area (Å²) in [5.74, 6) is 0.560. The molecule has 0 saturated carbocycles. The van der Waals surface area contributed by atoms with Crippen molar-refractivity contribution >= 4 is 6.03 Å². The molecule has 0 aromatic heterocycles. The molecule has 2 N–H and O–H groups in total. The van der Waals surface area contributed by atoms with Crippen LogP contribution in [0.3, 0.4) is 0 Å². The fraction of sp³-hybridized carbons (Fsp3) is 0.611. The van der Waals surface area contributed by atoms with Gasteiger partial charge in [-0.15, -0.1) is 0 Å². The van der Waals surface area contributed by atoms with E-state index in [1.165, 1.54) is 16.7 Å². The summed E-state index contributed by atoms with van der Waals surface area (Å²) < 4.78 is 0. The second-order valence-electron chi connectivity index (χ2n) is 6.82. The highest BCUT2D eigenvalue weighted by Gasteiger charge is 2.22. The molecule has 1 atom stereocenters. The van der Waals surface area contributed by atoms with Gasteiger partial charge in [0.2, 0.25) is 0 Å². The third-order valence-corrected chi connectivity index (χ3v) is 4.32. The van der Waals surface area contributed by atoms with Crippen LogP contribution in [0.1, 0.15) is 37.0 Å². The zero-order valence-corrected chi connectivity index (χ0v) is 14.3. The summed E-state index contributed by atoms with van der Waals surface area (Å²) in [5, 5.41) is 5.85. The van der Waals surface area contributed by atoms with E-state index < -0.39 is 0 Å². The molecule has 1 aromatic rings. The molecule has 1 heterocycles. The van der Waals surface area contributed by atoms with E-state index in [4.69, 9.17) is 0 Å². The molecule has 22 heavy (non-hydrogen) atoms. The number of urea groups is 1. The fourth-order valence-corrected chi connectivity index (χ4v) is 2.93. The van der Waals surface area contributed by atoms with E-state index in [0.717, 1.165) is 32.6 Å². The molecule has 1 aliphatic rings. The van der Waals surface area contributed by atoms with Crippen molar-refractivity contribution < 1.29 is 4.79 Å². The molecule has 1 aromatic carbocycles. The van der Waals surface area contributed by atoms with Crippen molar-refractivity contribution in [3.8, 4) is 0 Å². The lowest BCUT2D eigenvalue weighted by Crippen LogP contribution is -2.41. The monoisotopic (exact) mass is 303 g/mol. The largest absolute Gasteiger partial charge is 0.338 e. The van der Waals surface area contributed by atoms with Crippen LogP contribution < -0.4 is 10.6 Å². The molecule has 0 spiro atoms. The Hall–Kier alpha value is -1.55. The Bertz CT molecular complexity index is 513. The van der Waals surface area contributed by atoms with Crippen LogP contribution in [0.2, 0.25) is 0 Å². The Labute approximate surface area is 134 Å². The van der Waals surface area contributed by atoms with Gasteiger partial charge in [0.05, 0.1) is 0 Å². The second-order valence-corrected chi connectivity index (χ2v) is 6.82. The van der Waals surface area contributed by atoms with E-state index in [-0.39, 0.29) is 12.1 Å². The Kier molecular flexibility index (Phi) is 5.83. The van der Waals surface area contributed by atoms with Crippen LogP contribution in [-0.4, -0.2) is 36.6 Å². The molecule has 4 nitrogen and oxygen atoms in total. The van der Waals surface area contributed by atoms with Crippen LogP contribution in [0.4, 0.5) is 4.79 Å². The van der Waals surface area contributed by atoms with Crippen molar-refractivity contribution in [2.45, 2.75) is 46.7 Å². The Morgan fingerprint density at radius 1 is 1.32 bits per heavy atom. The molecule has 122 valence electrons. The summed E-state index contributed by atoms with van der Waals surface area (Å²) in [6, 6.07) is 6.85. The number of nitrogens with one attached hydrogen (secondary N) is 2. The Morgan fingerprint density at radius 3 is 2.77 bits per heavy atom. The van der Waals surface area contributed by atoms with Gasteiger partial charge in [0.15, 0.2) is 0 Å². The van der Waals surface area contributed by atoms with Gasteiger partial charge in [0, 0.05) is 25.7 Å². The third-order valence-electron chi connectivity index (χ3n) is 4.32. The zero-order chi connectivity index (χ0) is 16.1. The first-order chi connectivity index (χ1) is 10.4. The minimum absolute atomic E-state index is 0.0531. The highest BCUT2D eigenvalue weighted by molar-refractivity contribution is 5.74. The Morgan fingerprint density at radius 2 is 2.09 bits per heavy atom. The lowest BCUT2D eigenvalue weighted by atomic mass is 10.1. The van der Waals surface area contributed by atoms with Crippen LogP contribution in [0.15, 0.2) is 18.2 Å². The predicted molar refractivity (Wildman–Crippen MR) is 91.0 cm³/mol. The maximum atomic E-state index is 11.6. The minimum atomic E-state index is -0.0531. The number of hydrogen-bond acceptors (Lipinski definition) is 2. The molecule has 1 aliphatic heterocycles. The van der Waals surface area contributed by atoms with Gasteiger partial charge in [-0.05, 0) is 63.3 Å². The summed E-state index contributed by atoms with van der Waals surface area (Å²) in [6.07, 6.45) is 1.16. The number of amides is 2. The number of carbonyl (C=O) groups is 1. The smallest absolute Gasteiger partial charge is 0.314 e. The van der Waals surface area contributed by atoms with Crippen LogP contribution >= 0.6 is 0 Å². The second kappa shape index (κ2) is 7.63. The van der Waals surface area contributed by atoms with Gasteiger partial charge in [-0.3, -0.25) is 4.90 Å². The quantitative estimate of drug-likeness (QED) is 0.878. The Balaban J connectivity index is 1.75. The van der Waals surface area contributed by atoms with Crippen molar-refractivity contribution in [2.24, 2.45) is 5.92 Å². The average molecular weight is 303 g/mol. The molecule has 0 aliphatic carbocycles. The van der Waals surface area contributed by atoms with Crippen molar-refractivity contribution in [2.75, 3.05) is 19.6 Å². The molecule has 0 bridgehead atoms. The first kappa shape index (κ1) is 16.8. The lowest BCUT2D eigenvalue weighted by Gasteiger charge is -2.17. The van der Waals surface area contributed by atoms with Gasteiger partial charge in [0.25, 0.3) is 0 Å². The molecule has 2 rings (SSSR count). The number of likely N-dealkylation sites (tertiary alicyclic amines) is 1. The molecule has 1 fully saturated rings. The first-order valence-corrected chi connectivity index (χ1v) is 8.27. The number of nitrogens with zero attached hydrogens (tertiary/aromatic N) is 1. The van der Waals surface area contributed by atoms with E-state index in [1.54, 1.807) is 0 Å². The number of benzene rings is 1.